The van der Waals surface area contributed by atoms with Gasteiger partial charge >= 0.3 is 23.1 Å². The average molecular weight is 2080 g/mol. The third-order valence-corrected chi connectivity index (χ3v) is 28.4. The Morgan fingerprint density at radius 1 is 0.448 bits per heavy atom. The molecule has 0 spiro atoms. The van der Waals surface area contributed by atoms with Crippen LogP contribution >= 0.6 is 56.7 Å². The first-order chi connectivity index (χ1) is 63.4. The van der Waals surface area contributed by atoms with Crippen LogP contribution in [0, 0.1) is 18.3 Å². The minimum Gasteiger partial charge on any atom is -1.00 e. The van der Waals surface area contributed by atoms with Crippen molar-refractivity contribution >= 4 is 121 Å². The van der Waals surface area contributed by atoms with Gasteiger partial charge in [0.15, 0.2) is 28.9 Å². The standard InChI is InChI=1S/3C15H21NO2.C15H21NO.C12H13BrO.C12H16O.C12H14O.C7H6O.C5H9Br.C5H9.BrH.2ClH.Mg/c3*1-18-12-11-16-15(10-6-5-9-14(15)17)13-7-3-2-4-8-13;1-2-12-16-14(13-8-4-3-5-9-13)15(17)10-6-7-11-15;13-12(8-4-5-9-12)11(14)10-6-2-1-3-7-10;2*13-12(11-8-4-5-9-11)10-6-2-1-3-7-10;8-6-7-4-2-1-3-5-7;6-5-3-1-2-4-5;1-2-4-5-3-1;;;;/h3*2-4,7-8,16H,5-6,9-12H2,1H3;3-5,8-9,17H,2,6-7,10-12H2,1H3;1-3,6-7H,4-5,8-9H2;1-3,6-7,11-13H,4-5,8-9H2;1-3,6-7,11H,4-5,8-9H2;1-6H;5H,1-4H2;1H,2-5H2;3*1H;/q;;;;;;;;;-1;;;;+2/p-1/t2*15-;;;;;;;;;;;;/m10............/s1. The van der Waals surface area contributed by atoms with Crippen LogP contribution in [0.4, 0.5) is 0 Å². The summed E-state index contributed by atoms with van der Waals surface area (Å²) in [5.74, 6) is 2.35. The van der Waals surface area contributed by atoms with Crippen LogP contribution in [0.25, 0.3) is 0 Å². The predicted octanol–water partition coefficient (Wildman–Crippen LogP) is 22.6. The molecule has 0 aromatic heterocycles. The minimum absolute atomic E-state index is 0. The average Bonchev–Trinajstić information content (AvgIpc) is 1.32. The van der Waals surface area contributed by atoms with E-state index in [1.807, 2.05) is 231 Å². The molecule has 9 saturated carbocycles. The minimum atomic E-state index is -0.684. The Morgan fingerprint density at radius 2 is 0.776 bits per heavy atom. The normalized spacial score (nSPS) is 20.5. The number of hydrogen-bond acceptors (Lipinski definition) is 15. The number of aliphatic hydroxyl groups excluding tert-OH is 1. The number of aldehydes is 1. The fourth-order valence-electron chi connectivity index (χ4n) is 19.0. The molecule has 0 radical (unpaired) electrons. The zero-order valence-corrected chi connectivity index (χ0v) is 88.1. The van der Waals surface area contributed by atoms with Gasteiger partial charge in [-0.2, -0.15) is 12.8 Å². The van der Waals surface area contributed by atoms with E-state index in [9.17, 15) is 39.0 Å². The Bertz CT molecular complexity index is 4270. The van der Waals surface area contributed by atoms with E-state index >= 15 is 0 Å². The van der Waals surface area contributed by atoms with E-state index in [2.05, 4.69) is 66.1 Å². The number of ether oxygens (including phenoxy) is 3. The first kappa shape index (κ1) is 120. The summed E-state index contributed by atoms with van der Waals surface area (Å²) >= 11 is 7.14. The molecule has 17 rings (SSSR count). The number of carbonyl (C=O) groups is 6. The number of methoxy groups -OCH3 is 3. The summed E-state index contributed by atoms with van der Waals surface area (Å²) in [6.45, 7) is 6.91. The number of aliphatic imine (C=N–C) groups is 1. The van der Waals surface area contributed by atoms with Crippen molar-refractivity contribution in [2.24, 2.45) is 16.8 Å². The second-order valence-corrected chi connectivity index (χ2v) is 38.6. The van der Waals surface area contributed by atoms with E-state index in [0.717, 1.165) is 196 Å². The Morgan fingerprint density at radius 3 is 1.10 bits per heavy atom. The van der Waals surface area contributed by atoms with Gasteiger partial charge in [0.05, 0.1) is 36.0 Å². The fraction of sp³-hybridized carbons (Fsp3) is 0.504. The van der Waals surface area contributed by atoms with Crippen molar-refractivity contribution in [2.45, 2.75) is 282 Å². The quantitative estimate of drug-likeness (QED) is 0.00648. The van der Waals surface area contributed by atoms with Crippen molar-refractivity contribution in [3.05, 3.63) is 294 Å². The summed E-state index contributed by atoms with van der Waals surface area (Å²) in [6, 6.07) is 78.6. The molecule has 0 saturated heterocycles. The maximum absolute atomic E-state index is 12.4. The van der Waals surface area contributed by atoms with E-state index in [0.29, 0.717) is 93.7 Å². The van der Waals surface area contributed by atoms with Gasteiger partial charge in [0.25, 0.3) is 0 Å². The summed E-state index contributed by atoms with van der Waals surface area (Å²) in [5, 5.41) is 31.0. The number of hydrogen-bond donors (Lipinski definition) is 5. The van der Waals surface area contributed by atoms with Crippen molar-refractivity contribution < 1.29 is 70.2 Å². The van der Waals surface area contributed by atoms with Crippen LogP contribution in [0.15, 0.2) is 248 Å². The molecule has 8 aromatic rings. The van der Waals surface area contributed by atoms with Gasteiger partial charge in [0.1, 0.15) is 28.5 Å². The molecule has 0 bridgehead atoms. The van der Waals surface area contributed by atoms with Gasteiger partial charge in [-0.1, -0.05) is 378 Å². The van der Waals surface area contributed by atoms with Gasteiger partial charge < -0.3 is 47.8 Å². The van der Waals surface area contributed by atoms with Crippen molar-refractivity contribution in [3.63, 3.8) is 0 Å². The molecule has 4 atom stereocenters. The molecule has 5 N–H and O–H groups in total. The van der Waals surface area contributed by atoms with Crippen LogP contribution in [0.1, 0.15) is 309 Å². The van der Waals surface area contributed by atoms with Crippen LogP contribution in [0.2, 0.25) is 0 Å². The summed E-state index contributed by atoms with van der Waals surface area (Å²) < 4.78 is 15.0. The molecule has 0 amide bonds. The number of nitrogens with one attached hydrogen (secondary N) is 3. The molecule has 9 fully saturated rings. The Kier molecular flexibility index (Phi) is 61.8. The molecule has 0 aliphatic heterocycles. The zero-order chi connectivity index (χ0) is 92.7. The molecule has 8 aromatic carbocycles. The molecule has 0 heterocycles. The molecule has 134 heavy (non-hydrogen) atoms. The second-order valence-electron chi connectivity index (χ2n) is 35.8. The maximum atomic E-state index is 12.4. The Labute approximate surface area is 859 Å². The maximum Gasteiger partial charge on any atom is 2.00 e. The molecule has 9 aliphatic carbocycles. The predicted molar refractivity (Wildman–Crippen MR) is 559 cm³/mol. The first-order valence-corrected chi connectivity index (χ1v) is 50.5. The van der Waals surface area contributed by atoms with Crippen LogP contribution in [-0.2, 0) is 45.2 Å². The summed E-state index contributed by atoms with van der Waals surface area (Å²) in [7, 11) is 5.04. The largest absolute Gasteiger partial charge is 2.00 e. The van der Waals surface area contributed by atoms with Crippen LogP contribution in [0.5, 0.6) is 0 Å². The van der Waals surface area contributed by atoms with Crippen molar-refractivity contribution in [2.75, 3.05) is 67.3 Å². The summed E-state index contributed by atoms with van der Waals surface area (Å²) in [4.78, 5) is 76.7. The molecule has 2 unspecified atom stereocenters. The summed E-state index contributed by atoms with van der Waals surface area (Å²) in [6.07, 6.45) is 44.1. The van der Waals surface area contributed by atoms with Gasteiger partial charge in [0, 0.05) is 94.2 Å². The van der Waals surface area contributed by atoms with Gasteiger partial charge in [-0.25, -0.2) is 0 Å². The number of halogens is 5. The van der Waals surface area contributed by atoms with Crippen LogP contribution in [-0.4, -0.2) is 156 Å². The number of benzene rings is 8. The van der Waals surface area contributed by atoms with E-state index in [-0.39, 0.29) is 81.1 Å². The number of Topliss-reactive ketones (excluding diaryl/α,β-unsaturated/α-hetero) is 5. The monoisotopic (exact) mass is 2070 g/mol. The van der Waals surface area contributed by atoms with Gasteiger partial charge in [0.2, 0.25) is 0 Å². The molecule has 15 nitrogen and oxygen atoms in total. The number of carbonyl (C=O) groups excluding carboxylic acids is 6. The van der Waals surface area contributed by atoms with E-state index in [4.69, 9.17) is 14.2 Å². The second kappa shape index (κ2) is 68.9. The van der Waals surface area contributed by atoms with Crippen LogP contribution in [0.3, 0.4) is 0 Å². The third-order valence-electron chi connectivity index (χ3n) is 26.4. The molecule has 21 heteroatoms. The number of ketones is 5. The summed E-state index contributed by atoms with van der Waals surface area (Å²) in [5.41, 5.74) is 6.61. The topological polar surface area (TPSA) is 219 Å². The van der Waals surface area contributed by atoms with E-state index in [1.165, 1.54) is 89.9 Å². The van der Waals surface area contributed by atoms with E-state index < -0.39 is 22.2 Å². The Balaban J connectivity index is 0.000000315. The molecular formula is C113H153Br3Cl2MgN4O11. The number of aliphatic hydroxyl groups is 2. The fourth-order valence-corrected chi connectivity index (χ4v) is 20.5. The van der Waals surface area contributed by atoms with Crippen molar-refractivity contribution in [1.82, 2.24) is 16.0 Å². The van der Waals surface area contributed by atoms with Crippen LogP contribution < -0.4 is 32.9 Å². The van der Waals surface area contributed by atoms with Gasteiger partial charge in [-0.15, -0.1) is 24.8 Å². The smallest absolute Gasteiger partial charge is 1.00 e. The Hall–Kier alpha value is -6.08. The number of rotatable bonds is 26. The zero-order valence-electron chi connectivity index (χ0n) is 80.3. The number of alkyl halides is 2. The molecule has 9 aliphatic rings. The molecular weight excluding hydrogens is 1920 g/mol. The van der Waals surface area contributed by atoms with Crippen molar-refractivity contribution in [3.8, 4) is 0 Å². The van der Waals surface area contributed by atoms with Gasteiger partial charge in [-0.05, 0) is 143 Å². The molecule has 728 valence electrons. The van der Waals surface area contributed by atoms with Gasteiger partial charge in [-0.3, -0.25) is 49.7 Å². The van der Waals surface area contributed by atoms with Crippen molar-refractivity contribution in [1.29, 1.82) is 0 Å². The number of nitrogens with zero attached hydrogens (tertiary/aromatic N) is 1. The van der Waals surface area contributed by atoms with E-state index in [1.54, 1.807) is 33.5 Å². The third kappa shape index (κ3) is 39.9. The SMILES string of the molecule is BrC1CCCC1.CCCN=C(c1ccccc1)C1(O)CCCC1.COCCNC1(c2ccccc2)CCCCC1=O.COCCN[C@@]1(c2ccccc2)CCCCC1=O.COCCN[C@]1(c2ccccc2)CCCCC1=O.Cl.Cl.O=C(c1ccccc1)C1(Br)CCCC1.O=C(c1ccccc1)C1CCCC1.O=Cc1ccccc1.OC(c1ccccc1)C1CCCC1.[Br-].[CH-]1CCCC1.[Mg+2]. The first-order valence-electron chi connectivity index (χ1n) is 48.8.